The summed E-state index contributed by atoms with van der Waals surface area (Å²) in [5.74, 6) is -2.39. The zero-order valence-electron chi connectivity index (χ0n) is 45.1. The Morgan fingerprint density at radius 3 is 1.37 bits per heavy atom. The molecule has 0 aromatic heterocycles. The van der Waals surface area contributed by atoms with E-state index in [4.69, 9.17) is 40.9 Å². The topological polar surface area (TPSA) is 292 Å². The lowest BCUT2D eigenvalue weighted by Crippen LogP contribution is -2.49. The zero-order chi connectivity index (χ0) is 54.9. The van der Waals surface area contributed by atoms with E-state index in [1.807, 2.05) is 60.7 Å². The number of hydrogen-bond donors (Lipinski definition) is 7. The molecule has 4 atom stereocenters. The van der Waals surface area contributed by atoms with Crippen molar-refractivity contribution in [2.45, 2.75) is 194 Å². The molecule has 4 amide bonds. The summed E-state index contributed by atoms with van der Waals surface area (Å²) in [6.07, 6.45) is 4.93. The number of unbranched alkanes of at least 4 members (excludes halogenated alkanes) is 4. The van der Waals surface area contributed by atoms with Gasteiger partial charge < -0.3 is 62.2 Å². The molecule has 73 heavy (non-hydrogen) atoms. The zero-order valence-corrected chi connectivity index (χ0v) is 45.1. The van der Waals surface area contributed by atoms with Crippen molar-refractivity contribution in [2.24, 2.45) is 23.1 Å². The largest absolute Gasteiger partial charge is 0.461 e. The Kier molecular flexibility index (Phi) is 31.6. The number of nitrogens with two attached hydrogens (primary N) is 3. The number of Topliss-reactive ketones (excluding diaryl/α,β-unsaturated/α-hetero) is 1. The lowest BCUT2D eigenvalue weighted by molar-refractivity contribution is -0.152. The Morgan fingerprint density at radius 2 is 0.904 bits per heavy atom. The monoisotopic (exact) mass is 1030 g/mol. The third-order valence-electron chi connectivity index (χ3n) is 10.4. The van der Waals surface area contributed by atoms with Gasteiger partial charge in [0, 0.05) is 19.5 Å². The van der Waals surface area contributed by atoms with Gasteiger partial charge in [0.15, 0.2) is 5.78 Å². The van der Waals surface area contributed by atoms with Crippen LogP contribution in [0.25, 0.3) is 0 Å². The van der Waals surface area contributed by atoms with Gasteiger partial charge in [-0.1, -0.05) is 73.5 Å². The van der Waals surface area contributed by atoms with Gasteiger partial charge in [0.25, 0.3) is 0 Å². The molecule has 2 aromatic carbocycles. The summed E-state index contributed by atoms with van der Waals surface area (Å²) in [5.41, 5.74) is 16.6. The van der Waals surface area contributed by atoms with E-state index in [0.717, 1.165) is 36.8 Å². The molecule has 19 nitrogen and oxygen atoms in total. The molecule has 2 aromatic rings. The Morgan fingerprint density at radius 1 is 0.493 bits per heavy atom. The smallest absolute Gasteiger partial charge is 0.408 e. The predicted octanol–water partition coefficient (Wildman–Crippen LogP) is 7.39. The molecule has 10 N–H and O–H groups in total. The summed E-state index contributed by atoms with van der Waals surface area (Å²) in [7, 11) is 0. The van der Waals surface area contributed by atoms with Gasteiger partial charge in [-0.25, -0.2) is 19.2 Å². The molecule has 0 aliphatic rings. The Hall–Kier alpha value is -5.79. The van der Waals surface area contributed by atoms with Gasteiger partial charge in [0.05, 0.1) is 18.0 Å². The molecule has 19 heteroatoms. The number of ether oxygens (including phenoxy) is 5. The first-order valence-electron chi connectivity index (χ1n) is 25.7. The average molecular weight is 1030 g/mol. The van der Waals surface area contributed by atoms with Gasteiger partial charge in [-0.15, -0.1) is 0 Å². The van der Waals surface area contributed by atoms with E-state index >= 15 is 0 Å². The minimum Gasteiger partial charge on any atom is -0.461 e. The SMILES string of the molecule is CC(C)(C)OC(=O)NCCCC[C@H](CC(=O)[C@H](CCCCNC(=O)OC(C)(C)C)NC(=O)OC(C)(C)C)C(=O)OCc1ccccc1.NCCCC[C@H](NC(=O)[C@@H](N)CCCCN)C(=O)OCc1ccccc1. The molecule has 0 aliphatic heterocycles. The first-order valence-corrected chi connectivity index (χ1v) is 25.7. The van der Waals surface area contributed by atoms with Crippen molar-refractivity contribution in [1.29, 1.82) is 0 Å². The van der Waals surface area contributed by atoms with Crippen LogP contribution in [0.4, 0.5) is 14.4 Å². The number of benzene rings is 2. The van der Waals surface area contributed by atoms with Crippen LogP contribution in [0, 0.1) is 5.92 Å². The molecule has 0 heterocycles. The number of hydrogen-bond acceptors (Lipinski definition) is 15. The van der Waals surface area contributed by atoms with E-state index < -0.39 is 71.1 Å². The molecule has 0 bridgehead atoms. The van der Waals surface area contributed by atoms with Crippen molar-refractivity contribution < 1.29 is 57.2 Å². The van der Waals surface area contributed by atoms with Crippen LogP contribution in [-0.4, -0.2) is 103 Å². The number of alkyl carbamates (subject to hydrolysis) is 3. The van der Waals surface area contributed by atoms with Crippen molar-refractivity contribution in [3.63, 3.8) is 0 Å². The third kappa shape index (κ3) is 34.3. The van der Waals surface area contributed by atoms with Crippen LogP contribution in [0.15, 0.2) is 60.7 Å². The van der Waals surface area contributed by atoms with Crippen molar-refractivity contribution in [3.05, 3.63) is 71.8 Å². The average Bonchev–Trinajstić information content (AvgIpc) is 3.30. The molecule has 0 spiro atoms. The molecular formula is C54H89N7O12. The number of amides is 4. The summed E-state index contributed by atoms with van der Waals surface area (Å²) >= 11 is 0. The minimum atomic E-state index is -0.912. The highest BCUT2D eigenvalue weighted by Gasteiger charge is 2.30. The fourth-order valence-electron chi connectivity index (χ4n) is 6.79. The maximum atomic E-state index is 13.6. The number of esters is 2. The predicted molar refractivity (Wildman–Crippen MR) is 281 cm³/mol. The van der Waals surface area contributed by atoms with E-state index in [1.54, 1.807) is 62.3 Å². The van der Waals surface area contributed by atoms with Crippen LogP contribution in [0.2, 0.25) is 0 Å². The maximum Gasteiger partial charge on any atom is 0.408 e. The van der Waals surface area contributed by atoms with E-state index in [-0.39, 0.29) is 37.7 Å². The van der Waals surface area contributed by atoms with Crippen LogP contribution < -0.4 is 38.5 Å². The minimum absolute atomic E-state index is 0.0643. The normalized spacial score (nSPS) is 13.0. The summed E-state index contributed by atoms with van der Waals surface area (Å²) in [5, 5.41) is 10.8. The van der Waals surface area contributed by atoms with Gasteiger partial charge in [0.1, 0.15) is 36.1 Å². The molecule has 2 rings (SSSR count). The Balaban J connectivity index is 0.000000862. The molecular weight excluding hydrogens is 939 g/mol. The van der Waals surface area contributed by atoms with E-state index in [1.165, 1.54) is 0 Å². The lowest BCUT2D eigenvalue weighted by Gasteiger charge is -2.24. The van der Waals surface area contributed by atoms with Crippen molar-refractivity contribution >= 4 is 41.9 Å². The molecule has 412 valence electrons. The first kappa shape index (κ1) is 65.2. The molecule has 0 saturated heterocycles. The summed E-state index contributed by atoms with van der Waals surface area (Å²) in [4.78, 5) is 88.1. The van der Waals surface area contributed by atoms with Gasteiger partial charge in [-0.05, 0) is 151 Å². The molecule has 0 unspecified atom stereocenters. The second-order valence-electron chi connectivity index (χ2n) is 20.8. The van der Waals surface area contributed by atoms with Gasteiger partial charge >= 0.3 is 30.2 Å². The van der Waals surface area contributed by atoms with E-state index in [9.17, 15) is 33.6 Å². The third-order valence-corrected chi connectivity index (χ3v) is 10.4. The summed E-state index contributed by atoms with van der Waals surface area (Å²) in [6.45, 7) is 17.9. The van der Waals surface area contributed by atoms with E-state index in [2.05, 4.69) is 21.3 Å². The van der Waals surface area contributed by atoms with E-state index in [0.29, 0.717) is 71.1 Å². The molecule has 0 saturated carbocycles. The lowest BCUT2D eigenvalue weighted by atomic mass is 9.92. The highest BCUT2D eigenvalue weighted by Crippen LogP contribution is 2.20. The van der Waals surface area contributed by atoms with Crippen molar-refractivity contribution in [3.8, 4) is 0 Å². The number of rotatable bonds is 30. The van der Waals surface area contributed by atoms with Crippen LogP contribution in [0.5, 0.6) is 0 Å². The Bertz CT molecular complexity index is 1920. The standard InChI is InChI=1S/C35H57N3O9.C19H32N4O3/c1-33(2,3)45-30(41)36-21-15-13-19-26(29(40)44-24-25-17-11-10-12-18-25)23-28(39)27(38-32(43)47-35(7,8)9)20-14-16-22-37-31(42)46-34(4,5)6;20-12-6-4-10-16(22)18(24)23-17(11-5-7-13-21)19(25)26-14-15-8-2-1-3-9-15/h10-12,17-18,26-27H,13-16,19-24H2,1-9H3,(H,36,41)(H,37,42)(H,38,43);1-3,8-9,16-17H,4-7,10-14,20-22H2,(H,23,24)/t26-,27+;16-,17-/m10/s1. The maximum absolute atomic E-state index is 13.6. The molecule has 0 fully saturated rings. The van der Waals surface area contributed by atoms with Crippen molar-refractivity contribution in [2.75, 3.05) is 26.2 Å². The Labute approximate surface area is 434 Å². The fourth-order valence-corrected chi connectivity index (χ4v) is 6.79. The second-order valence-corrected chi connectivity index (χ2v) is 20.8. The number of nitrogens with one attached hydrogen (secondary N) is 4. The quantitative estimate of drug-likeness (QED) is 0.0228. The number of carbonyl (C=O) groups excluding carboxylic acids is 7. The molecule has 0 aliphatic carbocycles. The molecule has 0 radical (unpaired) electrons. The summed E-state index contributed by atoms with van der Waals surface area (Å²) < 4.78 is 26.8. The van der Waals surface area contributed by atoms with Crippen molar-refractivity contribution in [1.82, 2.24) is 21.3 Å². The second kappa shape index (κ2) is 35.4. The first-order chi connectivity index (χ1) is 34.3. The van der Waals surface area contributed by atoms with Gasteiger partial charge in [-0.2, -0.15) is 0 Å². The van der Waals surface area contributed by atoms with Gasteiger partial charge in [-0.3, -0.25) is 14.4 Å². The van der Waals surface area contributed by atoms with Gasteiger partial charge in [0.2, 0.25) is 5.91 Å². The van der Waals surface area contributed by atoms with Crippen LogP contribution in [0.3, 0.4) is 0 Å². The summed E-state index contributed by atoms with van der Waals surface area (Å²) in [6, 6.07) is 16.4. The number of carbonyl (C=O) groups is 7. The van der Waals surface area contributed by atoms with Crippen LogP contribution in [-0.2, 0) is 56.1 Å². The fraction of sp³-hybridized carbons (Fsp3) is 0.648. The highest BCUT2D eigenvalue weighted by molar-refractivity contribution is 5.90. The number of ketones is 1. The van der Waals surface area contributed by atoms with Crippen LogP contribution in [0.1, 0.15) is 157 Å². The highest BCUT2D eigenvalue weighted by atomic mass is 16.6. The van der Waals surface area contributed by atoms with Crippen LogP contribution >= 0.6 is 0 Å².